The molecule has 5 heteroatoms. The summed E-state index contributed by atoms with van der Waals surface area (Å²) in [6.07, 6.45) is 11.7. The lowest BCUT2D eigenvalue weighted by Gasteiger charge is -2.41. The van der Waals surface area contributed by atoms with Crippen LogP contribution in [0.25, 0.3) is 0 Å². The van der Waals surface area contributed by atoms with E-state index in [1.54, 1.807) is 0 Å². The molecule has 2 aliphatic carbocycles. The molecular formula is C20H33NO4. The molecule has 0 aromatic rings. The summed E-state index contributed by atoms with van der Waals surface area (Å²) in [5.41, 5.74) is 0. The number of carbonyl (C=O) groups is 1. The van der Waals surface area contributed by atoms with Crippen LogP contribution in [0.1, 0.15) is 64.7 Å². The van der Waals surface area contributed by atoms with Crippen LogP contribution in [0.2, 0.25) is 0 Å². The van der Waals surface area contributed by atoms with E-state index < -0.39 is 0 Å². The van der Waals surface area contributed by atoms with Crippen LogP contribution in [-0.2, 0) is 14.3 Å². The van der Waals surface area contributed by atoms with Gasteiger partial charge in [-0.3, -0.25) is 4.79 Å². The highest BCUT2D eigenvalue weighted by Gasteiger charge is 2.41. The lowest BCUT2D eigenvalue weighted by molar-refractivity contribution is -0.177. The Morgan fingerprint density at radius 3 is 2.68 bits per heavy atom. The molecule has 0 aromatic heterocycles. The van der Waals surface area contributed by atoms with E-state index in [2.05, 4.69) is 11.4 Å². The number of aliphatic hydroxyl groups is 1. The Kier molecular flexibility index (Phi) is 6.77. The van der Waals surface area contributed by atoms with E-state index in [-0.39, 0.29) is 24.7 Å². The molecule has 1 heterocycles. The smallest absolute Gasteiger partial charge is 0.286 e. The van der Waals surface area contributed by atoms with E-state index >= 15 is 0 Å². The number of hydrogen-bond acceptors (Lipinski definition) is 4. The van der Waals surface area contributed by atoms with Gasteiger partial charge in [-0.25, -0.2) is 0 Å². The van der Waals surface area contributed by atoms with Crippen molar-refractivity contribution in [1.82, 2.24) is 5.32 Å². The van der Waals surface area contributed by atoms with Crippen LogP contribution in [0, 0.1) is 17.8 Å². The molecule has 25 heavy (non-hydrogen) atoms. The van der Waals surface area contributed by atoms with Crippen LogP contribution in [0.4, 0.5) is 0 Å². The summed E-state index contributed by atoms with van der Waals surface area (Å²) in [5, 5.41) is 12.3. The zero-order chi connectivity index (χ0) is 17.6. The van der Waals surface area contributed by atoms with Crippen molar-refractivity contribution in [3.05, 3.63) is 11.8 Å². The maximum atomic E-state index is 12.5. The largest absolute Gasteiger partial charge is 0.459 e. The lowest BCUT2D eigenvalue weighted by atomic mass is 9.71. The first kappa shape index (κ1) is 18.7. The van der Waals surface area contributed by atoms with E-state index in [9.17, 15) is 9.90 Å². The molecule has 0 unspecified atom stereocenters. The first-order chi connectivity index (χ1) is 12.2. The average Bonchev–Trinajstić information content (AvgIpc) is 3.45. The summed E-state index contributed by atoms with van der Waals surface area (Å²) in [6, 6.07) is 0.322. The summed E-state index contributed by atoms with van der Waals surface area (Å²) >= 11 is 0. The van der Waals surface area contributed by atoms with Crippen LogP contribution < -0.4 is 5.32 Å². The van der Waals surface area contributed by atoms with Gasteiger partial charge in [-0.05, 0) is 63.4 Å². The molecule has 0 bridgehead atoms. The molecule has 1 aliphatic heterocycles. The fourth-order valence-corrected chi connectivity index (χ4v) is 4.33. The lowest BCUT2D eigenvalue weighted by Crippen LogP contribution is -2.42. The van der Waals surface area contributed by atoms with Crippen molar-refractivity contribution in [2.45, 2.75) is 77.0 Å². The van der Waals surface area contributed by atoms with Gasteiger partial charge in [-0.15, -0.1) is 0 Å². The van der Waals surface area contributed by atoms with Crippen LogP contribution in [-0.4, -0.2) is 36.6 Å². The molecule has 2 fully saturated rings. The molecule has 142 valence electrons. The molecule has 0 spiro atoms. The Morgan fingerprint density at radius 2 is 2.04 bits per heavy atom. The number of rotatable bonds is 8. The molecule has 0 radical (unpaired) electrons. The summed E-state index contributed by atoms with van der Waals surface area (Å²) in [6.45, 7) is 2.71. The minimum absolute atomic E-state index is 0.0892. The highest BCUT2D eigenvalue weighted by Crippen LogP contribution is 2.42. The average molecular weight is 351 g/mol. The fraction of sp³-hybridized carbons (Fsp3) is 0.850. The minimum atomic E-state index is -0.381. The normalized spacial score (nSPS) is 30.5. The number of aliphatic hydroxyl groups excluding tert-OH is 1. The highest BCUT2D eigenvalue weighted by atomic mass is 16.7. The SMILES string of the molecule is CCO[C@@H]1OC(C(=O)NC2CC2)=C[C@H](C2CCCCC2)[C@@H]1CCCO. The van der Waals surface area contributed by atoms with Gasteiger partial charge < -0.3 is 19.9 Å². The number of ether oxygens (including phenoxy) is 2. The monoisotopic (exact) mass is 351 g/mol. The van der Waals surface area contributed by atoms with Gasteiger partial charge in [0.25, 0.3) is 5.91 Å². The van der Waals surface area contributed by atoms with E-state index in [1.807, 2.05) is 6.92 Å². The molecular weight excluding hydrogens is 318 g/mol. The molecule has 0 aromatic carbocycles. The molecule has 2 N–H and O–H groups in total. The first-order valence-corrected chi connectivity index (χ1v) is 10.1. The Morgan fingerprint density at radius 1 is 1.28 bits per heavy atom. The number of hydrogen-bond donors (Lipinski definition) is 2. The topological polar surface area (TPSA) is 67.8 Å². The third kappa shape index (κ3) is 4.98. The van der Waals surface area contributed by atoms with Crippen molar-refractivity contribution in [1.29, 1.82) is 0 Å². The van der Waals surface area contributed by atoms with Gasteiger partial charge in [0.2, 0.25) is 6.29 Å². The molecule has 1 amide bonds. The van der Waals surface area contributed by atoms with Crippen LogP contribution in [0.5, 0.6) is 0 Å². The van der Waals surface area contributed by atoms with Crippen molar-refractivity contribution in [3.8, 4) is 0 Å². The van der Waals surface area contributed by atoms with Crippen molar-refractivity contribution in [2.24, 2.45) is 17.8 Å². The Balaban J connectivity index is 1.79. The van der Waals surface area contributed by atoms with Gasteiger partial charge in [0, 0.05) is 25.2 Å². The van der Waals surface area contributed by atoms with E-state index in [4.69, 9.17) is 9.47 Å². The fourth-order valence-electron chi connectivity index (χ4n) is 4.33. The predicted octanol–water partition coefficient (Wildman–Crippen LogP) is 3.13. The third-order valence-corrected chi connectivity index (χ3v) is 5.79. The second kappa shape index (κ2) is 9.04. The first-order valence-electron chi connectivity index (χ1n) is 10.1. The molecule has 3 rings (SSSR count). The molecule has 3 atom stereocenters. The number of carbonyl (C=O) groups excluding carboxylic acids is 1. The van der Waals surface area contributed by atoms with Crippen LogP contribution in [0.15, 0.2) is 11.8 Å². The van der Waals surface area contributed by atoms with E-state index in [1.165, 1.54) is 32.1 Å². The zero-order valence-corrected chi connectivity index (χ0v) is 15.4. The Hall–Kier alpha value is -1.07. The van der Waals surface area contributed by atoms with Gasteiger partial charge in [-0.1, -0.05) is 19.3 Å². The summed E-state index contributed by atoms with van der Waals surface area (Å²) < 4.78 is 11.9. The van der Waals surface area contributed by atoms with E-state index in [0.29, 0.717) is 30.2 Å². The second-order valence-corrected chi connectivity index (χ2v) is 7.73. The van der Waals surface area contributed by atoms with Gasteiger partial charge in [0.1, 0.15) is 0 Å². The van der Waals surface area contributed by atoms with Crippen LogP contribution >= 0.6 is 0 Å². The minimum Gasteiger partial charge on any atom is -0.459 e. The van der Waals surface area contributed by atoms with Crippen molar-refractivity contribution < 1.29 is 19.4 Å². The van der Waals surface area contributed by atoms with Crippen LogP contribution in [0.3, 0.4) is 0 Å². The third-order valence-electron chi connectivity index (χ3n) is 5.79. The Labute approximate surface area is 151 Å². The van der Waals surface area contributed by atoms with Crippen molar-refractivity contribution in [2.75, 3.05) is 13.2 Å². The van der Waals surface area contributed by atoms with Gasteiger partial charge in [-0.2, -0.15) is 0 Å². The van der Waals surface area contributed by atoms with Gasteiger partial charge >= 0.3 is 0 Å². The van der Waals surface area contributed by atoms with Crippen molar-refractivity contribution >= 4 is 5.91 Å². The number of allylic oxidation sites excluding steroid dienone is 1. The van der Waals surface area contributed by atoms with E-state index in [0.717, 1.165) is 25.7 Å². The predicted molar refractivity (Wildman–Crippen MR) is 95.6 cm³/mol. The Bertz CT molecular complexity index is 468. The summed E-state index contributed by atoms with van der Waals surface area (Å²) in [7, 11) is 0. The second-order valence-electron chi connectivity index (χ2n) is 7.73. The quantitative estimate of drug-likeness (QED) is 0.705. The molecule has 3 aliphatic rings. The number of amides is 1. The number of nitrogens with one attached hydrogen (secondary N) is 1. The highest BCUT2D eigenvalue weighted by molar-refractivity contribution is 5.92. The maximum absolute atomic E-state index is 12.5. The van der Waals surface area contributed by atoms with Gasteiger partial charge in [0.05, 0.1) is 0 Å². The van der Waals surface area contributed by atoms with Crippen molar-refractivity contribution in [3.63, 3.8) is 0 Å². The summed E-state index contributed by atoms with van der Waals surface area (Å²) in [4.78, 5) is 12.5. The van der Waals surface area contributed by atoms with Gasteiger partial charge in [0.15, 0.2) is 5.76 Å². The molecule has 5 nitrogen and oxygen atoms in total. The molecule has 2 saturated carbocycles. The molecule has 0 saturated heterocycles. The standard InChI is InChI=1S/C20H33NO4/c1-2-24-20-16(9-6-12-22)17(14-7-4-3-5-8-14)13-18(25-20)19(23)21-15-10-11-15/h13-17,20,22H,2-12H2,1H3,(H,21,23)/t16-,17+,20+/m0/s1. The summed E-state index contributed by atoms with van der Waals surface area (Å²) in [5.74, 6) is 1.47. The maximum Gasteiger partial charge on any atom is 0.286 e. The zero-order valence-electron chi connectivity index (χ0n) is 15.4.